The van der Waals surface area contributed by atoms with Crippen LogP contribution in [0.25, 0.3) is 4.96 Å². The molecule has 2 nitrogen and oxygen atoms in total. The highest BCUT2D eigenvalue weighted by Gasteiger charge is 2.12. The molecule has 0 bridgehead atoms. The number of aryl methyl sites for hydroxylation is 1. The number of hydrogen-bond acceptors (Lipinski definition) is 2. The molecule has 0 radical (unpaired) electrons. The van der Waals surface area contributed by atoms with Gasteiger partial charge in [-0.2, -0.15) is 0 Å². The van der Waals surface area contributed by atoms with Gasteiger partial charge < -0.3 is 0 Å². The number of fused-ring (bicyclic) bond motifs is 1. The van der Waals surface area contributed by atoms with Crippen molar-refractivity contribution in [2.24, 2.45) is 5.92 Å². The molecule has 0 aliphatic carbocycles. The highest BCUT2D eigenvalue weighted by molar-refractivity contribution is 7.15. The van der Waals surface area contributed by atoms with Crippen LogP contribution in [0.2, 0.25) is 0 Å². The van der Waals surface area contributed by atoms with Crippen LogP contribution in [0.15, 0.2) is 42.0 Å². The van der Waals surface area contributed by atoms with Crippen LogP contribution >= 0.6 is 22.9 Å². The van der Waals surface area contributed by atoms with Crippen LogP contribution in [0.5, 0.6) is 0 Å². The summed E-state index contributed by atoms with van der Waals surface area (Å²) in [5, 5.41) is 2.05. The molecule has 4 heteroatoms. The second-order valence-corrected chi connectivity index (χ2v) is 6.42. The molecule has 104 valence electrons. The van der Waals surface area contributed by atoms with E-state index in [0.717, 1.165) is 23.5 Å². The first-order chi connectivity index (χ1) is 9.74. The van der Waals surface area contributed by atoms with Gasteiger partial charge in [0.1, 0.15) is 0 Å². The van der Waals surface area contributed by atoms with Crippen molar-refractivity contribution in [1.82, 2.24) is 9.38 Å². The van der Waals surface area contributed by atoms with E-state index in [1.165, 1.54) is 11.1 Å². The lowest BCUT2D eigenvalue weighted by Crippen LogP contribution is -2.10. The summed E-state index contributed by atoms with van der Waals surface area (Å²) in [5.41, 5.74) is 3.78. The summed E-state index contributed by atoms with van der Waals surface area (Å²) in [4.78, 5) is 5.70. The van der Waals surface area contributed by atoms with Crippen molar-refractivity contribution in [3.63, 3.8) is 0 Å². The molecular weight excluding hydrogens is 288 g/mol. The third-order valence-electron chi connectivity index (χ3n) is 3.50. The van der Waals surface area contributed by atoms with Crippen LogP contribution < -0.4 is 0 Å². The van der Waals surface area contributed by atoms with E-state index in [2.05, 4.69) is 52.2 Å². The van der Waals surface area contributed by atoms with Gasteiger partial charge in [0, 0.05) is 23.7 Å². The normalized spacial score (nSPS) is 12.9. The van der Waals surface area contributed by atoms with Crippen LogP contribution in [0, 0.1) is 12.8 Å². The third-order valence-corrected chi connectivity index (χ3v) is 4.71. The van der Waals surface area contributed by atoms with Gasteiger partial charge >= 0.3 is 0 Å². The monoisotopic (exact) mass is 304 g/mol. The van der Waals surface area contributed by atoms with Gasteiger partial charge in [0.2, 0.25) is 0 Å². The number of imidazole rings is 1. The van der Waals surface area contributed by atoms with Crippen molar-refractivity contribution in [2.75, 3.05) is 5.88 Å². The number of aromatic nitrogens is 2. The van der Waals surface area contributed by atoms with E-state index >= 15 is 0 Å². The van der Waals surface area contributed by atoms with Crippen molar-refractivity contribution in [2.45, 2.75) is 19.8 Å². The fraction of sp³-hybridized carbons (Fsp3) is 0.312. The molecule has 0 aliphatic rings. The molecule has 0 spiro atoms. The van der Waals surface area contributed by atoms with Gasteiger partial charge in [-0.25, -0.2) is 4.98 Å². The molecule has 2 aromatic heterocycles. The summed E-state index contributed by atoms with van der Waals surface area (Å²) >= 11 is 7.81. The van der Waals surface area contributed by atoms with Crippen molar-refractivity contribution < 1.29 is 0 Å². The number of nitrogens with zero attached hydrogens (tertiary/aromatic N) is 2. The molecule has 0 saturated heterocycles. The molecule has 0 aliphatic heterocycles. The largest absolute Gasteiger partial charge is 0.297 e. The quantitative estimate of drug-likeness (QED) is 0.641. The minimum absolute atomic E-state index is 0.434. The molecule has 0 N–H and O–H groups in total. The summed E-state index contributed by atoms with van der Waals surface area (Å²) in [5.74, 6) is 1.10. The molecule has 0 saturated carbocycles. The van der Waals surface area contributed by atoms with Crippen molar-refractivity contribution >= 4 is 27.9 Å². The zero-order valence-corrected chi connectivity index (χ0v) is 13.0. The Balaban J connectivity index is 1.70. The van der Waals surface area contributed by atoms with Crippen LogP contribution in [-0.4, -0.2) is 15.3 Å². The molecular formula is C16H17ClN2S. The number of thiazole rings is 1. The zero-order chi connectivity index (χ0) is 13.9. The number of halogens is 1. The first-order valence-electron chi connectivity index (χ1n) is 6.77. The van der Waals surface area contributed by atoms with E-state index in [1.54, 1.807) is 11.3 Å². The molecule has 1 unspecified atom stereocenters. The van der Waals surface area contributed by atoms with Crippen molar-refractivity contribution in [3.8, 4) is 0 Å². The Kier molecular flexibility index (Phi) is 4.08. The Morgan fingerprint density at radius 3 is 2.75 bits per heavy atom. The second kappa shape index (κ2) is 5.98. The predicted octanol–water partition coefficient (Wildman–Crippen LogP) is 4.34. The smallest absolute Gasteiger partial charge is 0.193 e. The van der Waals surface area contributed by atoms with Gasteiger partial charge in [0.25, 0.3) is 0 Å². The van der Waals surface area contributed by atoms with Gasteiger partial charge in [-0.05, 0) is 31.2 Å². The Bertz CT molecular complexity index is 655. The second-order valence-electron chi connectivity index (χ2n) is 5.24. The zero-order valence-electron chi connectivity index (χ0n) is 11.4. The van der Waals surface area contributed by atoms with Crippen LogP contribution in [0.1, 0.15) is 16.8 Å². The van der Waals surface area contributed by atoms with E-state index in [0.29, 0.717) is 11.8 Å². The Hall–Kier alpha value is -1.32. The van der Waals surface area contributed by atoms with E-state index in [4.69, 9.17) is 11.6 Å². The molecule has 1 atom stereocenters. The van der Waals surface area contributed by atoms with Crippen molar-refractivity contribution in [3.05, 3.63) is 58.9 Å². The van der Waals surface area contributed by atoms with E-state index < -0.39 is 0 Å². The topological polar surface area (TPSA) is 17.3 Å². The molecule has 0 amide bonds. The fourth-order valence-electron chi connectivity index (χ4n) is 2.41. The maximum absolute atomic E-state index is 6.14. The summed E-state index contributed by atoms with van der Waals surface area (Å²) in [7, 11) is 0. The summed E-state index contributed by atoms with van der Waals surface area (Å²) in [6.45, 7) is 2.11. The third kappa shape index (κ3) is 3.05. The first-order valence-corrected chi connectivity index (χ1v) is 8.18. The van der Waals surface area contributed by atoms with E-state index in [1.807, 2.05) is 6.20 Å². The molecule has 20 heavy (non-hydrogen) atoms. The lowest BCUT2D eigenvalue weighted by Gasteiger charge is -2.12. The van der Waals surface area contributed by atoms with Gasteiger partial charge in [0.05, 0.1) is 5.69 Å². The number of alkyl halides is 1. The van der Waals surface area contributed by atoms with Gasteiger partial charge in [-0.1, -0.05) is 29.8 Å². The van der Waals surface area contributed by atoms with Crippen LogP contribution in [0.4, 0.5) is 0 Å². The SMILES string of the molecule is Cc1ccc(CC(CCl)Cc2cn3ccsc3n2)cc1. The maximum Gasteiger partial charge on any atom is 0.193 e. The van der Waals surface area contributed by atoms with Gasteiger partial charge in [-0.15, -0.1) is 22.9 Å². The number of hydrogen-bond donors (Lipinski definition) is 0. The Labute approximate surface area is 128 Å². The molecule has 2 heterocycles. The van der Waals surface area contributed by atoms with Gasteiger partial charge in [0.15, 0.2) is 4.96 Å². The molecule has 3 aromatic rings. The lowest BCUT2D eigenvalue weighted by molar-refractivity contribution is 0.577. The first kappa shape index (κ1) is 13.7. The maximum atomic E-state index is 6.14. The Morgan fingerprint density at radius 2 is 2.05 bits per heavy atom. The predicted molar refractivity (Wildman–Crippen MR) is 85.9 cm³/mol. The summed E-state index contributed by atoms with van der Waals surface area (Å²) in [6.07, 6.45) is 6.10. The number of benzene rings is 1. The lowest BCUT2D eigenvalue weighted by atomic mass is 9.96. The Morgan fingerprint density at radius 1 is 1.25 bits per heavy atom. The average molecular weight is 305 g/mol. The minimum Gasteiger partial charge on any atom is -0.297 e. The van der Waals surface area contributed by atoms with Gasteiger partial charge in [-0.3, -0.25) is 4.40 Å². The fourth-order valence-corrected chi connectivity index (χ4v) is 3.35. The molecule has 0 fully saturated rings. The summed E-state index contributed by atoms with van der Waals surface area (Å²) in [6, 6.07) is 8.71. The molecule has 1 aromatic carbocycles. The molecule has 3 rings (SSSR count). The van der Waals surface area contributed by atoms with Crippen LogP contribution in [-0.2, 0) is 12.8 Å². The van der Waals surface area contributed by atoms with E-state index in [-0.39, 0.29) is 0 Å². The number of rotatable bonds is 5. The van der Waals surface area contributed by atoms with Crippen molar-refractivity contribution in [1.29, 1.82) is 0 Å². The highest BCUT2D eigenvalue weighted by atomic mass is 35.5. The highest BCUT2D eigenvalue weighted by Crippen LogP contribution is 2.18. The standard InChI is InChI=1S/C16H17ClN2S/c1-12-2-4-13(5-3-12)8-14(10-17)9-15-11-19-6-7-20-16(19)18-15/h2-7,11,14H,8-10H2,1H3. The van der Waals surface area contributed by atoms with Crippen LogP contribution in [0.3, 0.4) is 0 Å². The van der Waals surface area contributed by atoms with E-state index in [9.17, 15) is 0 Å². The average Bonchev–Trinajstić information content (AvgIpc) is 3.01. The minimum atomic E-state index is 0.434. The summed E-state index contributed by atoms with van der Waals surface area (Å²) < 4.78 is 2.08.